The Kier molecular flexibility index (Phi) is 4.41. The number of hydrogen-bond donors (Lipinski definition) is 0. The summed E-state index contributed by atoms with van der Waals surface area (Å²) in [4.78, 5) is 28.9. The van der Waals surface area contributed by atoms with Crippen LogP contribution in [0.25, 0.3) is 28.0 Å². The van der Waals surface area contributed by atoms with E-state index in [1.54, 1.807) is 67.6 Å². The van der Waals surface area contributed by atoms with Crippen LogP contribution in [-0.4, -0.2) is 14.5 Å². The zero-order valence-electron chi connectivity index (χ0n) is 14.8. The van der Waals surface area contributed by atoms with E-state index in [-0.39, 0.29) is 11.2 Å². The van der Waals surface area contributed by atoms with Gasteiger partial charge >= 0.3 is 0 Å². The summed E-state index contributed by atoms with van der Waals surface area (Å²) in [6, 6.07) is 18.6. The molecule has 0 amide bonds. The van der Waals surface area contributed by atoms with Crippen molar-refractivity contribution in [3.8, 4) is 17.1 Å². The van der Waals surface area contributed by atoms with Crippen molar-refractivity contribution in [1.29, 1.82) is 0 Å². The highest BCUT2D eigenvalue weighted by atomic mass is 35.5. The molecular weight excluding hydrogens is 378 g/mol. The summed E-state index contributed by atoms with van der Waals surface area (Å²) in [7, 11) is 0. The van der Waals surface area contributed by atoms with Crippen LogP contribution in [-0.2, 0) is 0 Å². The average Bonchev–Trinajstić information content (AvgIpc) is 2.69. The molecule has 3 aromatic carbocycles. The monoisotopic (exact) mass is 391 g/mol. The van der Waals surface area contributed by atoms with Gasteiger partial charge in [-0.1, -0.05) is 35.9 Å². The molecule has 4 rings (SSSR count). The average molecular weight is 392 g/mol. The fourth-order valence-electron chi connectivity index (χ4n) is 3.21. The van der Waals surface area contributed by atoms with Crippen molar-refractivity contribution in [3.63, 3.8) is 0 Å². The van der Waals surface area contributed by atoms with E-state index >= 15 is 0 Å². The van der Waals surface area contributed by atoms with Crippen molar-refractivity contribution in [2.45, 2.75) is 6.92 Å². The second-order valence-corrected chi connectivity index (χ2v) is 6.71. The van der Waals surface area contributed by atoms with Crippen LogP contribution in [0.2, 0.25) is 5.02 Å². The topological polar surface area (TPSA) is 78.0 Å². The van der Waals surface area contributed by atoms with Gasteiger partial charge in [0, 0.05) is 22.2 Å². The lowest BCUT2D eigenvalue weighted by molar-refractivity contribution is -0.385. The molecule has 0 N–H and O–H groups in total. The van der Waals surface area contributed by atoms with Gasteiger partial charge in [-0.2, -0.15) is 0 Å². The van der Waals surface area contributed by atoms with Gasteiger partial charge in [0.25, 0.3) is 11.2 Å². The fourth-order valence-corrected chi connectivity index (χ4v) is 3.33. The highest BCUT2D eigenvalue weighted by Crippen LogP contribution is 2.30. The van der Waals surface area contributed by atoms with E-state index in [1.165, 1.54) is 10.6 Å². The lowest BCUT2D eigenvalue weighted by Gasteiger charge is -2.15. The molecule has 0 aliphatic rings. The molecule has 1 aromatic heterocycles. The van der Waals surface area contributed by atoms with Crippen LogP contribution in [0.15, 0.2) is 71.5 Å². The molecular formula is C21H14ClN3O3. The van der Waals surface area contributed by atoms with Gasteiger partial charge in [-0.15, -0.1) is 0 Å². The van der Waals surface area contributed by atoms with Crippen molar-refractivity contribution >= 4 is 28.2 Å². The maximum absolute atomic E-state index is 13.3. The summed E-state index contributed by atoms with van der Waals surface area (Å²) in [5, 5.41) is 12.4. The number of nitro groups is 1. The fraction of sp³-hybridized carbons (Fsp3) is 0.0476. The Balaban J connectivity index is 2.13. The Hall–Kier alpha value is -3.51. The minimum atomic E-state index is -0.440. The highest BCUT2D eigenvalue weighted by molar-refractivity contribution is 6.30. The number of para-hydroxylation sites is 1. The summed E-state index contributed by atoms with van der Waals surface area (Å²) in [5.74, 6) is 0.340. The zero-order chi connectivity index (χ0) is 19.8. The SMILES string of the molecule is Cc1c(-c2nc3ccccc3c(=O)n2-c2ccc(Cl)cc2)cccc1[N+](=O)[O-]. The smallest absolute Gasteiger partial charge is 0.268 e. The molecule has 0 radical (unpaired) electrons. The molecule has 0 fully saturated rings. The van der Waals surface area contributed by atoms with Crippen LogP contribution in [0.3, 0.4) is 0 Å². The molecule has 0 aliphatic heterocycles. The normalized spacial score (nSPS) is 10.9. The molecule has 28 heavy (non-hydrogen) atoms. The number of nitrogens with zero attached hydrogens (tertiary/aromatic N) is 3. The summed E-state index contributed by atoms with van der Waals surface area (Å²) >= 11 is 5.99. The number of halogens is 1. The van der Waals surface area contributed by atoms with Crippen LogP contribution < -0.4 is 5.56 Å². The van der Waals surface area contributed by atoms with Gasteiger partial charge in [-0.05, 0) is 43.3 Å². The first-order valence-corrected chi connectivity index (χ1v) is 8.87. The minimum Gasteiger partial charge on any atom is -0.268 e. The van der Waals surface area contributed by atoms with E-state index in [1.807, 2.05) is 0 Å². The number of hydrogen-bond acceptors (Lipinski definition) is 4. The van der Waals surface area contributed by atoms with Crippen LogP contribution >= 0.6 is 11.6 Å². The standard InChI is InChI=1S/C21H14ClN3O3/c1-13-16(6-4-8-19(13)25(27)28)20-23-18-7-3-2-5-17(18)21(26)24(20)15-11-9-14(22)10-12-15/h2-12H,1H3. The summed E-state index contributed by atoms with van der Waals surface area (Å²) in [6.45, 7) is 1.65. The van der Waals surface area contributed by atoms with Crippen molar-refractivity contribution in [2.24, 2.45) is 0 Å². The van der Waals surface area contributed by atoms with E-state index in [0.717, 1.165) is 0 Å². The lowest BCUT2D eigenvalue weighted by Crippen LogP contribution is -2.22. The molecule has 0 saturated heterocycles. The first-order chi connectivity index (χ1) is 13.5. The third-order valence-corrected chi connectivity index (χ3v) is 4.86. The Morgan fingerprint density at radius 2 is 1.71 bits per heavy atom. The molecule has 0 unspecified atom stereocenters. The molecule has 6 nitrogen and oxygen atoms in total. The van der Waals surface area contributed by atoms with Crippen molar-refractivity contribution in [3.05, 3.63) is 97.8 Å². The number of fused-ring (bicyclic) bond motifs is 1. The van der Waals surface area contributed by atoms with E-state index in [2.05, 4.69) is 4.98 Å². The quantitative estimate of drug-likeness (QED) is 0.366. The highest BCUT2D eigenvalue weighted by Gasteiger charge is 2.20. The predicted molar refractivity (Wildman–Crippen MR) is 109 cm³/mol. The van der Waals surface area contributed by atoms with E-state index in [0.29, 0.717) is 38.6 Å². The summed E-state index contributed by atoms with van der Waals surface area (Å²) in [5.41, 5.74) is 1.79. The van der Waals surface area contributed by atoms with Crippen molar-refractivity contribution in [2.75, 3.05) is 0 Å². The van der Waals surface area contributed by atoms with Gasteiger partial charge in [-0.25, -0.2) is 4.98 Å². The molecule has 0 atom stereocenters. The first kappa shape index (κ1) is 17.9. The Bertz CT molecular complexity index is 1280. The van der Waals surface area contributed by atoms with E-state index in [4.69, 9.17) is 11.6 Å². The van der Waals surface area contributed by atoms with Gasteiger partial charge in [0.1, 0.15) is 5.82 Å². The molecule has 1 heterocycles. The zero-order valence-corrected chi connectivity index (χ0v) is 15.6. The van der Waals surface area contributed by atoms with E-state index < -0.39 is 4.92 Å². The van der Waals surface area contributed by atoms with Gasteiger partial charge in [0.15, 0.2) is 0 Å². The number of benzene rings is 3. The molecule has 0 aliphatic carbocycles. The van der Waals surface area contributed by atoms with Gasteiger partial charge < -0.3 is 0 Å². The second-order valence-electron chi connectivity index (χ2n) is 6.28. The third-order valence-electron chi connectivity index (χ3n) is 4.60. The first-order valence-electron chi connectivity index (χ1n) is 8.49. The van der Waals surface area contributed by atoms with Gasteiger partial charge in [0.2, 0.25) is 0 Å². The molecule has 7 heteroatoms. The summed E-state index contributed by atoms with van der Waals surface area (Å²) < 4.78 is 1.46. The van der Waals surface area contributed by atoms with Crippen LogP contribution in [0.4, 0.5) is 5.69 Å². The van der Waals surface area contributed by atoms with E-state index in [9.17, 15) is 14.9 Å². The summed E-state index contributed by atoms with van der Waals surface area (Å²) in [6.07, 6.45) is 0. The third kappa shape index (κ3) is 2.93. The van der Waals surface area contributed by atoms with Crippen LogP contribution in [0, 0.1) is 17.0 Å². The molecule has 0 spiro atoms. The number of nitro benzene ring substituents is 1. The lowest BCUT2D eigenvalue weighted by atomic mass is 10.1. The molecule has 138 valence electrons. The Morgan fingerprint density at radius 1 is 1.00 bits per heavy atom. The molecule has 0 bridgehead atoms. The molecule has 4 aromatic rings. The maximum atomic E-state index is 13.3. The number of aromatic nitrogens is 2. The van der Waals surface area contributed by atoms with Crippen molar-refractivity contribution < 1.29 is 4.92 Å². The van der Waals surface area contributed by atoms with Crippen LogP contribution in [0.5, 0.6) is 0 Å². The van der Waals surface area contributed by atoms with Gasteiger partial charge in [0.05, 0.1) is 21.5 Å². The predicted octanol–water partition coefficient (Wildman–Crippen LogP) is 4.92. The maximum Gasteiger partial charge on any atom is 0.273 e. The Morgan fingerprint density at radius 3 is 2.43 bits per heavy atom. The second kappa shape index (κ2) is 6.90. The van der Waals surface area contributed by atoms with Crippen LogP contribution in [0.1, 0.15) is 5.56 Å². The molecule has 0 saturated carbocycles. The van der Waals surface area contributed by atoms with Gasteiger partial charge in [-0.3, -0.25) is 19.5 Å². The minimum absolute atomic E-state index is 0.0254. The van der Waals surface area contributed by atoms with Crippen molar-refractivity contribution in [1.82, 2.24) is 9.55 Å². The Labute approximate surface area is 164 Å². The largest absolute Gasteiger partial charge is 0.273 e. The number of rotatable bonds is 3.